The number of rotatable bonds is 5. The summed E-state index contributed by atoms with van der Waals surface area (Å²) < 4.78 is 4.86. The van der Waals surface area contributed by atoms with E-state index in [-0.39, 0.29) is 6.61 Å². The summed E-state index contributed by atoms with van der Waals surface area (Å²) in [5.74, 6) is 0.308. The van der Waals surface area contributed by atoms with Crippen LogP contribution in [0, 0.1) is 0 Å². The fraction of sp³-hybridized carbons (Fsp3) is 0.533. The van der Waals surface area contributed by atoms with Crippen LogP contribution in [0.3, 0.4) is 0 Å². The second-order valence-electron chi connectivity index (χ2n) is 4.98. The van der Waals surface area contributed by atoms with Crippen LogP contribution in [0.15, 0.2) is 24.3 Å². The summed E-state index contributed by atoms with van der Waals surface area (Å²) in [6, 6.07) is 7.90. The molecule has 1 aromatic carbocycles. The zero-order valence-electron chi connectivity index (χ0n) is 11.6. The third kappa shape index (κ3) is 5.02. The first-order valence-electron chi connectivity index (χ1n) is 7.09. The molecule has 0 bridgehead atoms. The average molecular weight is 297 g/mol. The van der Waals surface area contributed by atoms with Crippen LogP contribution >= 0.6 is 11.6 Å². The molecule has 1 aliphatic heterocycles. The van der Waals surface area contributed by atoms with Gasteiger partial charge in [-0.2, -0.15) is 0 Å². The number of nitrogens with one attached hydrogen (secondary N) is 1. The van der Waals surface area contributed by atoms with Crippen molar-refractivity contribution in [1.82, 2.24) is 4.90 Å². The highest BCUT2D eigenvalue weighted by Crippen LogP contribution is 2.15. The van der Waals surface area contributed by atoms with E-state index in [9.17, 15) is 4.79 Å². The molecule has 0 atom stereocenters. The molecule has 0 unspecified atom stereocenters. The van der Waals surface area contributed by atoms with E-state index in [1.54, 1.807) is 0 Å². The monoisotopic (exact) mass is 296 g/mol. The molecule has 1 fully saturated rings. The summed E-state index contributed by atoms with van der Waals surface area (Å²) in [6.45, 7) is 3.58. The van der Waals surface area contributed by atoms with Crippen molar-refractivity contribution in [3.05, 3.63) is 29.8 Å². The molecule has 1 amide bonds. The summed E-state index contributed by atoms with van der Waals surface area (Å²) in [4.78, 5) is 13.8. The Bertz CT molecular complexity index is 416. The molecular formula is C15H21ClN2O2. The minimum Gasteiger partial charge on any atom is -0.448 e. The van der Waals surface area contributed by atoms with Crippen molar-refractivity contribution in [2.75, 3.05) is 30.9 Å². The van der Waals surface area contributed by atoms with Gasteiger partial charge in [-0.3, -0.25) is 10.2 Å². The number of piperidine rings is 1. The SMILES string of the molecule is O=C(Nc1ccc(CN2CCCCC2)cc1)OCCCl. The highest BCUT2D eigenvalue weighted by atomic mass is 35.5. The van der Waals surface area contributed by atoms with E-state index in [1.807, 2.05) is 24.3 Å². The van der Waals surface area contributed by atoms with E-state index in [1.165, 1.54) is 37.9 Å². The van der Waals surface area contributed by atoms with Crippen LogP contribution in [0.4, 0.5) is 10.5 Å². The molecule has 5 heteroatoms. The van der Waals surface area contributed by atoms with E-state index in [4.69, 9.17) is 16.3 Å². The van der Waals surface area contributed by atoms with Crippen molar-refractivity contribution in [2.45, 2.75) is 25.8 Å². The number of amides is 1. The Kier molecular flexibility index (Phi) is 6.15. The van der Waals surface area contributed by atoms with Crippen molar-refractivity contribution in [3.63, 3.8) is 0 Å². The van der Waals surface area contributed by atoms with Crippen LogP contribution in [0.25, 0.3) is 0 Å². The van der Waals surface area contributed by atoms with Crippen molar-refractivity contribution in [2.24, 2.45) is 0 Å². The van der Waals surface area contributed by atoms with Crippen LogP contribution in [0.1, 0.15) is 24.8 Å². The fourth-order valence-electron chi connectivity index (χ4n) is 2.35. The second-order valence-corrected chi connectivity index (χ2v) is 5.36. The Morgan fingerprint density at radius 1 is 1.20 bits per heavy atom. The van der Waals surface area contributed by atoms with Gasteiger partial charge in [-0.25, -0.2) is 4.79 Å². The molecule has 0 aliphatic carbocycles. The molecule has 1 aromatic rings. The van der Waals surface area contributed by atoms with Crippen LogP contribution in [0.5, 0.6) is 0 Å². The molecule has 20 heavy (non-hydrogen) atoms. The third-order valence-electron chi connectivity index (χ3n) is 3.37. The topological polar surface area (TPSA) is 41.6 Å². The first-order chi connectivity index (χ1) is 9.78. The average Bonchev–Trinajstić information content (AvgIpc) is 2.48. The number of ether oxygens (including phenoxy) is 1. The molecule has 1 aliphatic rings. The van der Waals surface area contributed by atoms with E-state index < -0.39 is 6.09 Å². The zero-order valence-corrected chi connectivity index (χ0v) is 12.4. The van der Waals surface area contributed by atoms with Gasteiger partial charge in [-0.1, -0.05) is 18.6 Å². The maximum atomic E-state index is 11.4. The van der Waals surface area contributed by atoms with Crippen LogP contribution in [-0.2, 0) is 11.3 Å². The van der Waals surface area contributed by atoms with Crippen molar-refractivity contribution < 1.29 is 9.53 Å². The lowest BCUT2D eigenvalue weighted by Crippen LogP contribution is -2.29. The lowest BCUT2D eigenvalue weighted by molar-refractivity contribution is 0.168. The van der Waals surface area contributed by atoms with Gasteiger partial charge in [-0.15, -0.1) is 11.6 Å². The van der Waals surface area contributed by atoms with Gasteiger partial charge in [-0.05, 0) is 43.6 Å². The third-order valence-corrected chi connectivity index (χ3v) is 3.52. The Morgan fingerprint density at radius 3 is 2.55 bits per heavy atom. The number of carbonyl (C=O) groups is 1. The first kappa shape index (κ1) is 15.1. The summed E-state index contributed by atoms with van der Waals surface area (Å²) in [5.41, 5.74) is 2.01. The largest absolute Gasteiger partial charge is 0.448 e. The number of hydrogen-bond donors (Lipinski definition) is 1. The van der Waals surface area contributed by atoms with Gasteiger partial charge in [0.2, 0.25) is 0 Å². The normalized spacial score (nSPS) is 15.8. The van der Waals surface area contributed by atoms with Crippen LogP contribution in [0.2, 0.25) is 0 Å². The first-order valence-corrected chi connectivity index (χ1v) is 7.62. The highest BCUT2D eigenvalue weighted by molar-refractivity contribution is 6.18. The van der Waals surface area contributed by atoms with Gasteiger partial charge in [0, 0.05) is 12.2 Å². The lowest BCUT2D eigenvalue weighted by Gasteiger charge is -2.26. The molecule has 110 valence electrons. The van der Waals surface area contributed by atoms with E-state index in [0.29, 0.717) is 5.88 Å². The van der Waals surface area contributed by atoms with Gasteiger partial charge in [0.15, 0.2) is 0 Å². The van der Waals surface area contributed by atoms with E-state index in [0.717, 1.165) is 12.2 Å². The molecule has 0 saturated carbocycles. The lowest BCUT2D eigenvalue weighted by atomic mass is 10.1. The number of nitrogens with zero attached hydrogens (tertiary/aromatic N) is 1. The zero-order chi connectivity index (χ0) is 14.2. The van der Waals surface area contributed by atoms with Crippen LogP contribution in [-0.4, -0.2) is 36.6 Å². The molecule has 1 heterocycles. The van der Waals surface area contributed by atoms with Crippen molar-refractivity contribution in [1.29, 1.82) is 0 Å². The summed E-state index contributed by atoms with van der Waals surface area (Å²) in [7, 11) is 0. The van der Waals surface area contributed by atoms with E-state index in [2.05, 4.69) is 10.2 Å². The number of anilines is 1. The molecular weight excluding hydrogens is 276 g/mol. The molecule has 0 radical (unpaired) electrons. The van der Waals surface area contributed by atoms with E-state index >= 15 is 0 Å². The fourth-order valence-corrected chi connectivity index (χ4v) is 2.43. The number of likely N-dealkylation sites (tertiary alicyclic amines) is 1. The molecule has 1 N–H and O–H groups in total. The van der Waals surface area contributed by atoms with Gasteiger partial charge < -0.3 is 4.74 Å². The maximum Gasteiger partial charge on any atom is 0.411 e. The van der Waals surface area contributed by atoms with Gasteiger partial charge in [0.05, 0.1) is 5.88 Å². The maximum absolute atomic E-state index is 11.4. The molecule has 2 rings (SSSR count). The Labute approximate surface area is 125 Å². The van der Waals surface area contributed by atoms with Gasteiger partial charge in [0.25, 0.3) is 0 Å². The molecule has 0 spiro atoms. The predicted octanol–water partition coefficient (Wildman–Crippen LogP) is 3.46. The smallest absolute Gasteiger partial charge is 0.411 e. The number of hydrogen-bond acceptors (Lipinski definition) is 3. The summed E-state index contributed by atoms with van der Waals surface area (Å²) in [5, 5.41) is 2.67. The summed E-state index contributed by atoms with van der Waals surface area (Å²) >= 11 is 5.45. The number of benzene rings is 1. The summed E-state index contributed by atoms with van der Waals surface area (Å²) in [6.07, 6.45) is 3.48. The minimum atomic E-state index is -0.463. The molecule has 0 aromatic heterocycles. The van der Waals surface area contributed by atoms with Gasteiger partial charge >= 0.3 is 6.09 Å². The molecule has 1 saturated heterocycles. The highest BCUT2D eigenvalue weighted by Gasteiger charge is 2.10. The Morgan fingerprint density at radius 2 is 1.90 bits per heavy atom. The standard InChI is InChI=1S/C15H21ClN2O2/c16-8-11-20-15(19)17-14-6-4-13(5-7-14)12-18-9-2-1-3-10-18/h4-7H,1-3,8-12H2,(H,17,19). The van der Waals surface area contributed by atoms with Crippen molar-refractivity contribution >= 4 is 23.4 Å². The second kappa shape index (κ2) is 8.12. The van der Waals surface area contributed by atoms with Crippen LogP contribution < -0.4 is 5.32 Å². The minimum absolute atomic E-state index is 0.223. The number of carbonyl (C=O) groups excluding carboxylic acids is 1. The number of alkyl halides is 1. The Balaban J connectivity index is 1.81. The predicted molar refractivity (Wildman–Crippen MR) is 81.3 cm³/mol. The van der Waals surface area contributed by atoms with Gasteiger partial charge in [0.1, 0.15) is 6.61 Å². The number of halogens is 1. The van der Waals surface area contributed by atoms with Crippen molar-refractivity contribution in [3.8, 4) is 0 Å². The Hall–Kier alpha value is -1.26. The quantitative estimate of drug-likeness (QED) is 0.846. The molecule has 4 nitrogen and oxygen atoms in total.